The molecule has 7 nitrogen and oxygen atoms in total. The Morgan fingerprint density at radius 1 is 1.29 bits per heavy atom. The number of nitrogens with zero attached hydrogens (tertiary/aromatic N) is 3. The van der Waals surface area contributed by atoms with Crippen molar-refractivity contribution in [2.75, 3.05) is 5.43 Å². The molecule has 3 aromatic heterocycles. The number of pyridine rings is 1. The van der Waals surface area contributed by atoms with E-state index in [2.05, 4.69) is 36.2 Å². The molecule has 0 amide bonds. The van der Waals surface area contributed by atoms with Crippen molar-refractivity contribution in [2.45, 2.75) is 52.2 Å². The van der Waals surface area contributed by atoms with Crippen LogP contribution in [0.15, 0.2) is 10.7 Å². The van der Waals surface area contributed by atoms with Crippen LogP contribution in [0.4, 0.5) is 5.82 Å². The SMILES string of the molecule is CCCc1nc2oc3c(NN)ncnc3c2c2c1COC(C)(C)C2. The third-order valence-electron chi connectivity index (χ3n) is 4.54. The second-order valence-corrected chi connectivity index (χ2v) is 6.82. The highest BCUT2D eigenvalue weighted by Gasteiger charge is 2.32. The number of nitrogens with one attached hydrogen (secondary N) is 1. The zero-order chi connectivity index (χ0) is 16.9. The number of aromatic nitrogens is 3. The largest absolute Gasteiger partial charge is 0.432 e. The summed E-state index contributed by atoms with van der Waals surface area (Å²) in [5.41, 5.74) is 7.68. The van der Waals surface area contributed by atoms with Crippen LogP contribution in [0, 0.1) is 0 Å². The molecular formula is C17H21N5O2. The standard InChI is InChI=1S/C17H21N5O2/c1-4-5-11-10-7-23-17(2,3)6-9(10)12-13-14(24-16(12)21-11)15(22-18)20-8-19-13/h8H,4-7,18H2,1-3H3,(H,19,20,22). The molecule has 0 fully saturated rings. The van der Waals surface area contributed by atoms with Gasteiger partial charge in [0.25, 0.3) is 0 Å². The monoisotopic (exact) mass is 327 g/mol. The Bertz CT molecular complexity index is 932. The molecule has 0 atom stereocenters. The van der Waals surface area contributed by atoms with Gasteiger partial charge in [-0.05, 0) is 25.8 Å². The Kier molecular flexibility index (Phi) is 3.43. The Morgan fingerprint density at radius 3 is 2.88 bits per heavy atom. The lowest BCUT2D eigenvalue weighted by atomic mass is 9.88. The maximum Gasteiger partial charge on any atom is 0.229 e. The summed E-state index contributed by atoms with van der Waals surface area (Å²) in [6, 6.07) is 0. The number of anilines is 1. The van der Waals surface area contributed by atoms with Gasteiger partial charge in [0, 0.05) is 12.0 Å². The molecule has 4 rings (SSSR count). The maximum atomic E-state index is 6.03. The quantitative estimate of drug-likeness (QED) is 0.563. The smallest absolute Gasteiger partial charge is 0.229 e. The molecular weight excluding hydrogens is 306 g/mol. The van der Waals surface area contributed by atoms with E-state index >= 15 is 0 Å². The zero-order valence-electron chi connectivity index (χ0n) is 14.1. The van der Waals surface area contributed by atoms with Crippen molar-refractivity contribution in [1.29, 1.82) is 0 Å². The van der Waals surface area contributed by atoms with Crippen molar-refractivity contribution in [1.82, 2.24) is 15.0 Å². The number of nitrogen functional groups attached to an aromatic ring is 1. The van der Waals surface area contributed by atoms with E-state index in [9.17, 15) is 0 Å². The van der Waals surface area contributed by atoms with Crippen molar-refractivity contribution >= 4 is 28.0 Å². The number of ether oxygens (including phenoxy) is 1. The number of hydrazine groups is 1. The highest BCUT2D eigenvalue weighted by molar-refractivity contribution is 6.06. The zero-order valence-corrected chi connectivity index (χ0v) is 14.1. The Morgan fingerprint density at radius 2 is 2.12 bits per heavy atom. The fraction of sp³-hybridized carbons (Fsp3) is 0.471. The topological polar surface area (TPSA) is 99.1 Å². The molecule has 3 N–H and O–H groups in total. The molecule has 7 heteroatoms. The second-order valence-electron chi connectivity index (χ2n) is 6.82. The van der Waals surface area contributed by atoms with E-state index in [1.807, 2.05) is 0 Å². The summed E-state index contributed by atoms with van der Waals surface area (Å²) in [6.07, 6.45) is 4.20. The summed E-state index contributed by atoms with van der Waals surface area (Å²) in [5.74, 6) is 6.02. The van der Waals surface area contributed by atoms with E-state index in [-0.39, 0.29) is 5.60 Å². The summed E-state index contributed by atoms with van der Waals surface area (Å²) in [6.45, 7) is 6.92. The third-order valence-corrected chi connectivity index (χ3v) is 4.54. The Labute approximate surface area is 139 Å². The van der Waals surface area contributed by atoms with Gasteiger partial charge in [0.05, 0.1) is 23.3 Å². The highest BCUT2D eigenvalue weighted by Crippen LogP contribution is 2.39. The maximum absolute atomic E-state index is 6.03. The number of aryl methyl sites for hydroxylation is 1. The van der Waals surface area contributed by atoms with Crippen molar-refractivity contribution < 1.29 is 9.15 Å². The van der Waals surface area contributed by atoms with E-state index in [1.54, 1.807) is 0 Å². The number of rotatable bonds is 3. The summed E-state index contributed by atoms with van der Waals surface area (Å²) < 4.78 is 12.0. The second kappa shape index (κ2) is 5.39. The predicted octanol–water partition coefficient (Wildman–Crippen LogP) is 2.86. The minimum atomic E-state index is -0.226. The molecule has 0 aromatic carbocycles. The van der Waals surface area contributed by atoms with E-state index in [1.165, 1.54) is 17.5 Å². The van der Waals surface area contributed by atoms with Gasteiger partial charge < -0.3 is 14.6 Å². The molecule has 3 aromatic rings. The van der Waals surface area contributed by atoms with Gasteiger partial charge in [-0.1, -0.05) is 13.3 Å². The first kappa shape index (κ1) is 15.3. The number of hydrogen-bond acceptors (Lipinski definition) is 7. The van der Waals surface area contributed by atoms with Crippen LogP contribution in [-0.4, -0.2) is 20.6 Å². The Balaban J connectivity index is 2.09. The molecule has 0 spiro atoms. The van der Waals surface area contributed by atoms with Gasteiger partial charge in [0.15, 0.2) is 11.4 Å². The first-order valence-corrected chi connectivity index (χ1v) is 8.22. The van der Waals surface area contributed by atoms with E-state index < -0.39 is 0 Å². The van der Waals surface area contributed by atoms with Crippen molar-refractivity contribution in [2.24, 2.45) is 5.84 Å². The number of fused-ring (bicyclic) bond motifs is 5. The highest BCUT2D eigenvalue weighted by atomic mass is 16.5. The lowest BCUT2D eigenvalue weighted by Crippen LogP contribution is -2.32. The molecule has 0 bridgehead atoms. The van der Waals surface area contributed by atoms with Gasteiger partial charge >= 0.3 is 0 Å². The van der Waals surface area contributed by atoms with E-state index in [4.69, 9.17) is 20.0 Å². The van der Waals surface area contributed by atoms with Crippen LogP contribution in [0.2, 0.25) is 0 Å². The summed E-state index contributed by atoms with van der Waals surface area (Å²) in [5, 5.41) is 0.954. The van der Waals surface area contributed by atoms with Crippen LogP contribution in [0.1, 0.15) is 44.0 Å². The Hall–Kier alpha value is -2.25. The molecule has 0 saturated carbocycles. The molecule has 1 aliphatic rings. The molecule has 1 aliphatic heterocycles. The fourth-order valence-corrected chi connectivity index (χ4v) is 3.42. The van der Waals surface area contributed by atoms with Gasteiger partial charge in [-0.2, -0.15) is 0 Å². The lowest BCUT2D eigenvalue weighted by molar-refractivity contribution is -0.0401. The first-order chi connectivity index (χ1) is 11.5. The molecule has 4 heterocycles. The summed E-state index contributed by atoms with van der Waals surface area (Å²) in [4.78, 5) is 13.3. The summed E-state index contributed by atoms with van der Waals surface area (Å²) >= 11 is 0. The van der Waals surface area contributed by atoms with E-state index in [0.29, 0.717) is 23.7 Å². The van der Waals surface area contributed by atoms with Crippen LogP contribution < -0.4 is 11.3 Å². The number of hydrogen-bond donors (Lipinski definition) is 2. The van der Waals surface area contributed by atoms with Gasteiger partial charge in [-0.25, -0.2) is 20.8 Å². The average molecular weight is 327 g/mol. The third kappa shape index (κ3) is 2.23. The molecule has 0 unspecified atom stereocenters. The first-order valence-electron chi connectivity index (χ1n) is 8.22. The fourth-order valence-electron chi connectivity index (χ4n) is 3.42. The van der Waals surface area contributed by atoms with Gasteiger partial charge in [0.1, 0.15) is 11.8 Å². The van der Waals surface area contributed by atoms with Crippen LogP contribution in [0.25, 0.3) is 22.2 Å². The normalized spacial score (nSPS) is 16.5. The average Bonchev–Trinajstić information content (AvgIpc) is 2.92. The summed E-state index contributed by atoms with van der Waals surface area (Å²) in [7, 11) is 0. The molecule has 0 radical (unpaired) electrons. The van der Waals surface area contributed by atoms with E-state index in [0.717, 1.165) is 35.9 Å². The number of nitrogens with two attached hydrogens (primary N) is 1. The van der Waals surface area contributed by atoms with Crippen molar-refractivity contribution in [3.63, 3.8) is 0 Å². The van der Waals surface area contributed by atoms with Gasteiger partial charge in [-0.3, -0.25) is 0 Å². The minimum Gasteiger partial charge on any atom is -0.432 e. The van der Waals surface area contributed by atoms with Crippen LogP contribution >= 0.6 is 0 Å². The van der Waals surface area contributed by atoms with Crippen LogP contribution in [0.5, 0.6) is 0 Å². The number of furan rings is 1. The minimum absolute atomic E-state index is 0.226. The molecule has 126 valence electrons. The van der Waals surface area contributed by atoms with Crippen molar-refractivity contribution in [3.05, 3.63) is 23.1 Å². The van der Waals surface area contributed by atoms with Crippen molar-refractivity contribution in [3.8, 4) is 0 Å². The van der Waals surface area contributed by atoms with Gasteiger partial charge in [0.2, 0.25) is 5.71 Å². The lowest BCUT2D eigenvalue weighted by Gasteiger charge is -2.33. The van der Waals surface area contributed by atoms with Crippen LogP contribution in [-0.2, 0) is 24.2 Å². The predicted molar refractivity (Wildman–Crippen MR) is 91.5 cm³/mol. The molecule has 0 aliphatic carbocycles. The van der Waals surface area contributed by atoms with Gasteiger partial charge in [-0.15, -0.1) is 0 Å². The molecule has 24 heavy (non-hydrogen) atoms. The molecule has 0 saturated heterocycles. The van der Waals surface area contributed by atoms with Crippen LogP contribution in [0.3, 0.4) is 0 Å².